The van der Waals surface area contributed by atoms with Crippen LogP contribution in [-0.4, -0.2) is 31.2 Å². The first-order valence-corrected chi connectivity index (χ1v) is 6.33. The Hall–Kier alpha value is -2.47. The van der Waals surface area contributed by atoms with Gasteiger partial charge in [-0.05, 0) is 30.3 Å². The van der Waals surface area contributed by atoms with Gasteiger partial charge in [0.15, 0.2) is 5.82 Å². The van der Waals surface area contributed by atoms with Crippen molar-refractivity contribution in [1.82, 2.24) is 4.98 Å². The Bertz CT molecular complexity index is 602. The van der Waals surface area contributed by atoms with E-state index in [1.54, 1.807) is 31.4 Å². The summed E-state index contributed by atoms with van der Waals surface area (Å²) in [6.07, 6.45) is 2.37. The number of nitrogens with zero attached hydrogens (tertiary/aromatic N) is 1. The average molecular weight is 290 g/mol. The lowest BCUT2D eigenvalue weighted by atomic mass is 10.2. The van der Waals surface area contributed by atoms with Gasteiger partial charge in [0.25, 0.3) is 5.91 Å². The molecule has 0 aliphatic heterocycles. The summed E-state index contributed by atoms with van der Waals surface area (Å²) in [4.78, 5) is 15.5. The van der Waals surface area contributed by atoms with Crippen LogP contribution in [0.25, 0.3) is 0 Å². The minimum Gasteiger partial charge on any atom is -0.491 e. The fourth-order valence-electron chi connectivity index (χ4n) is 1.64. The molecule has 0 unspecified atom stereocenters. The highest BCUT2D eigenvalue weighted by Crippen LogP contribution is 2.17. The number of carbonyl (C=O) groups is 1. The van der Waals surface area contributed by atoms with Gasteiger partial charge < -0.3 is 14.8 Å². The summed E-state index contributed by atoms with van der Waals surface area (Å²) in [7, 11) is 1.60. The molecule has 1 aromatic heterocycles. The van der Waals surface area contributed by atoms with Crippen molar-refractivity contribution in [2.24, 2.45) is 0 Å². The fraction of sp³-hybridized carbons (Fsp3) is 0.200. The Morgan fingerprint density at radius 2 is 2.00 bits per heavy atom. The van der Waals surface area contributed by atoms with Gasteiger partial charge in [-0.3, -0.25) is 9.78 Å². The highest BCUT2D eigenvalue weighted by atomic mass is 19.1. The van der Waals surface area contributed by atoms with Crippen molar-refractivity contribution >= 4 is 11.6 Å². The van der Waals surface area contributed by atoms with Gasteiger partial charge in [-0.25, -0.2) is 4.39 Å². The van der Waals surface area contributed by atoms with Gasteiger partial charge >= 0.3 is 0 Å². The van der Waals surface area contributed by atoms with E-state index in [1.165, 1.54) is 12.3 Å². The summed E-state index contributed by atoms with van der Waals surface area (Å²) in [6, 6.07) is 8.12. The lowest BCUT2D eigenvalue weighted by Gasteiger charge is -2.08. The van der Waals surface area contributed by atoms with Crippen LogP contribution in [0.15, 0.2) is 42.7 Å². The van der Waals surface area contributed by atoms with Gasteiger partial charge in [0, 0.05) is 19.0 Å². The zero-order valence-electron chi connectivity index (χ0n) is 11.5. The maximum absolute atomic E-state index is 13.4. The molecule has 0 fully saturated rings. The number of hydrogen-bond acceptors (Lipinski definition) is 4. The quantitative estimate of drug-likeness (QED) is 0.830. The number of benzene rings is 1. The van der Waals surface area contributed by atoms with E-state index in [2.05, 4.69) is 10.3 Å². The van der Waals surface area contributed by atoms with Crippen molar-refractivity contribution < 1.29 is 18.7 Å². The number of pyridine rings is 1. The van der Waals surface area contributed by atoms with Crippen LogP contribution in [0.1, 0.15) is 10.4 Å². The maximum atomic E-state index is 13.4. The van der Waals surface area contributed by atoms with E-state index in [0.29, 0.717) is 24.7 Å². The minimum absolute atomic E-state index is 0.0505. The van der Waals surface area contributed by atoms with E-state index in [9.17, 15) is 9.18 Å². The number of methoxy groups -OCH3 is 1. The summed E-state index contributed by atoms with van der Waals surface area (Å²) < 4.78 is 23.7. The lowest BCUT2D eigenvalue weighted by molar-refractivity contribution is 0.102. The lowest BCUT2D eigenvalue weighted by Crippen LogP contribution is -2.13. The molecule has 110 valence electrons. The van der Waals surface area contributed by atoms with E-state index < -0.39 is 11.7 Å². The first kappa shape index (κ1) is 14.9. The van der Waals surface area contributed by atoms with Crippen molar-refractivity contribution in [1.29, 1.82) is 0 Å². The van der Waals surface area contributed by atoms with Gasteiger partial charge in [0.05, 0.1) is 18.4 Å². The van der Waals surface area contributed by atoms with Crippen LogP contribution in [0.5, 0.6) is 5.75 Å². The van der Waals surface area contributed by atoms with Gasteiger partial charge in [-0.1, -0.05) is 0 Å². The summed E-state index contributed by atoms with van der Waals surface area (Å²) >= 11 is 0. The molecule has 1 heterocycles. The predicted octanol–water partition coefficient (Wildman–Crippen LogP) is 2.50. The summed E-state index contributed by atoms with van der Waals surface area (Å²) in [5.74, 6) is -0.516. The number of aromatic nitrogens is 1. The second-order valence-electron chi connectivity index (χ2n) is 4.18. The van der Waals surface area contributed by atoms with Crippen LogP contribution in [0, 0.1) is 5.82 Å². The van der Waals surface area contributed by atoms with E-state index in [4.69, 9.17) is 9.47 Å². The molecule has 1 N–H and O–H groups in total. The molecule has 0 aliphatic rings. The van der Waals surface area contributed by atoms with Crippen molar-refractivity contribution in [2.45, 2.75) is 0 Å². The van der Waals surface area contributed by atoms with E-state index in [1.807, 2.05) is 0 Å². The Balaban J connectivity index is 1.97. The number of rotatable bonds is 6. The molecule has 0 aliphatic carbocycles. The zero-order chi connectivity index (χ0) is 15.1. The van der Waals surface area contributed by atoms with Gasteiger partial charge in [0.2, 0.25) is 0 Å². The van der Waals surface area contributed by atoms with Crippen LogP contribution in [0.3, 0.4) is 0 Å². The zero-order valence-corrected chi connectivity index (χ0v) is 11.5. The van der Waals surface area contributed by atoms with Crippen LogP contribution in [-0.2, 0) is 4.74 Å². The van der Waals surface area contributed by atoms with Crippen LogP contribution in [0.2, 0.25) is 0 Å². The first-order chi connectivity index (χ1) is 10.2. The fourth-order valence-corrected chi connectivity index (χ4v) is 1.64. The van der Waals surface area contributed by atoms with Gasteiger partial charge in [-0.15, -0.1) is 0 Å². The third-order valence-corrected chi connectivity index (χ3v) is 2.69. The largest absolute Gasteiger partial charge is 0.491 e. The summed E-state index contributed by atoms with van der Waals surface area (Å²) in [5, 5.41) is 2.61. The van der Waals surface area contributed by atoms with Crippen molar-refractivity contribution in [3.05, 3.63) is 54.1 Å². The Labute approximate surface area is 121 Å². The smallest absolute Gasteiger partial charge is 0.258 e. The Morgan fingerprint density at radius 1 is 1.24 bits per heavy atom. The van der Waals surface area contributed by atoms with Crippen molar-refractivity contribution in [3.8, 4) is 5.75 Å². The Kier molecular flexibility index (Phi) is 5.22. The average Bonchev–Trinajstić information content (AvgIpc) is 2.49. The molecule has 2 aromatic rings. The number of halogens is 1. The number of amides is 1. The van der Waals surface area contributed by atoms with E-state index in [0.717, 1.165) is 6.20 Å². The SMILES string of the molecule is COCCOc1ccc(NC(=O)c2ccncc2F)cc1. The molecule has 6 heteroatoms. The molecule has 2 rings (SSSR count). The molecule has 0 spiro atoms. The Morgan fingerprint density at radius 3 is 2.67 bits per heavy atom. The van der Waals surface area contributed by atoms with Crippen molar-refractivity contribution in [2.75, 3.05) is 25.6 Å². The number of hydrogen-bond donors (Lipinski definition) is 1. The molecule has 1 aromatic carbocycles. The van der Waals surface area contributed by atoms with Crippen LogP contribution < -0.4 is 10.1 Å². The second-order valence-corrected chi connectivity index (χ2v) is 4.18. The standard InChI is InChI=1S/C15H15FN2O3/c1-20-8-9-21-12-4-2-11(3-5-12)18-15(19)13-6-7-17-10-14(13)16/h2-7,10H,8-9H2,1H3,(H,18,19). The van der Waals surface area contributed by atoms with Crippen LogP contribution in [0.4, 0.5) is 10.1 Å². The topological polar surface area (TPSA) is 60.5 Å². The summed E-state index contributed by atoms with van der Waals surface area (Å²) in [5.41, 5.74) is 0.501. The highest BCUT2D eigenvalue weighted by molar-refractivity contribution is 6.04. The molecule has 0 saturated carbocycles. The molecule has 21 heavy (non-hydrogen) atoms. The number of nitrogens with one attached hydrogen (secondary N) is 1. The molecule has 5 nitrogen and oxygen atoms in total. The first-order valence-electron chi connectivity index (χ1n) is 6.33. The maximum Gasteiger partial charge on any atom is 0.258 e. The number of anilines is 1. The molecular formula is C15H15FN2O3. The molecule has 0 saturated heterocycles. The molecular weight excluding hydrogens is 275 g/mol. The molecule has 0 bridgehead atoms. The van der Waals surface area contributed by atoms with Crippen LogP contribution >= 0.6 is 0 Å². The van der Waals surface area contributed by atoms with Gasteiger partial charge in [-0.2, -0.15) is 0 Å². The molecule has 0 radical (unpaired) electrons. The van der Waals surface area contributed by atoms with E-state index in [-0.39, 0.29) is 5.56 Å². The number of carbonyl (C=O) groups excluding carboxylic acids is 1. The molecule has 1 amide bonds. The van der Waals surface area contributed by atoms with Crippen molar-refractivity contribution in [3.63, 3.8) is 0 Å². The monoisotopic (exact) mass is 290 g/mol. The normalized spacial score (nSPS) is 10.2. The predicted molar refractivity (Wildman–Crippen MR) is 76.0 cm³/mol. The minimum atomic E-state index is -0.658. The summed E-state index contributed by atoms with van der Waals surface area (Å²) in [6.45, 7) is 0.949. The third kappa shape index (κ3) is 4.25. The van der Waals surface area contributed by atoms with E-state index >= 15 is 0 Å². The second kappa shape index (κ2) is 7.35. The molecule has 0 atom stereocenters. The highest BCUT2D eigenvalue weighted by Gasteiger charge is 2.11. The number of ether oxygens (including phenoxy) is 2. The van der Waals surface area contributed by atoms with Gasteiger partial charge in [0.1, 0.15) is 12.4 Å². The third-order valence-electron chi connectivity index (χ3n) is 2.69.